The average Bonchev–Trinajstić information content (AvgIpc) is 3.17. The molecular formula is C23H23NO5S2. The number of carbonyl (C=O) groups excluding carboxylic acids is 1. The molecule has 4 rings (SSSR count). The van der Waals surface area contributed by atoms with Crippen molar-refractivity contribution in [2.45, 2.75) is 35.5 Å². The predicted molar refractivity (Wildman–Crippen MR) is 120 cm³/mol. The van der Waals surface area contributed by atoms with E-state index in [0.717, 1.165) is 29.7 Å². The van der Waals surface area contributed by atoms with E-state index in [0.29, 0.717) is 22.9 Å². The average molecular weight is 458 g/mol. The molecule has 0 radical (unpaired) electrons. The Labute approximate surface area is 185 Å². The lowest BCUT2D eigenvalue weighted by Gasteiger charge is -2.14. The van der Waals surface area contributed by atoms with Crippen molar-refractivity contribution < 1.29 is 22.7 Å². The lowest BCUT2D eigenvalue weighted by molar-refractivity contribution is -0.118. The van der Waals surface area contributed by atoms with Gasteiger partial charge in [-0.2, -0.15) is 0 Å². The molecule has 1 N–H and O–H groups in total. The molecule has 0 bridgehead atoms. The Hall–Kier alpha value is -2.84. The number of para-hydroxylation sites is 2. The van der Waals surface area contributed by atoms with Gasteiger partial charge in [0.25, 0.3) is 5.91 Å². The number of rotatable bonds is 7. The van der Waals surface area contributed by atoms with Gasteiger partial charge in [-0.25, -0.2) is 8.42 Å². The zero-order valence-electron chi connectivity index (χ0n) is 17.1. The normalized spacial score (nSPS) is 13.3. The molecule has 0 atom stereocenters. The van der Waals surface area contributed by atoms with E-state index in [4.69, 9.17) is 9.47 Å². The first-order chi connectivity index (χ1) is 15.0. The van der Waals surface area contributed by atoms with E-state index in [2.05, 4.69) is 5.32 Å². The number of fused-ring (bicyclic) bond motifs is 1. The summed E-state index contributed by atoms with van der Waals surface area (Å²) in [4.78, 5) is 14.1. The fourth-order valence-corrected chi connectivity index (χ4v) is 6.98. The van der Waals surface area contributed by atoms with Crippen molar-refractivity contribution in [2.75, 3.05) is 19.0 Å². The van der Waals surface area contributed by atoms with Gasteiger partial charge < -0.3 is 14.8 Å². The number of thiophene rings is 1. The second-order valence-corrected chi connectivity index (χ2v) is 10.2. The number of hydrogen-bond donors (Lipinski definition) is 1. The van der Waals surface area contributed by atoms with Crippen LogP contribution in [0, 0.1) is 0 Å². The Morgan fingerprint density at radius 3 is 2.42 bits per heavy atom. The maximum atomic E-state index is 13.4. The summed E-state index contributed by atoms with van der Waals surface area (Å²) in [6.07, 6.45) is 3.47. The lowest BCUT2D eigenvalue weighted by Crippen LogP contribution is -2.21. The zero-order chi connectivity index (χ0) is 21.8. The first-order valence-electron chi connectivity index (χ1n) is 10.0. The maximum Gasteiger partial charge on any atom is 0.262 e. The monoisotopic (exact) mass is 457 g/mol. The number of benzene rings is 2. The highest BCUT2D eigenvalue weighted by Gasteiger charge is 2.31. The zero-order valence-corrected chi connectivity index (χ0v) is 18.7. The highest BCUT2D eigenvalue weighted by atomic mass is 32.2. The van der Waals surface area contributed by atoms with Crippen molar-refractivity contribution in [1.82, 2.24) is 0 Å². The molecule has 0 unspecified atom stereocenters. The van der Waals surface area contributed by atoms with Crippen LogP contribution in [0.4, 0.5) is 5.00 Å². The summed E-state index contributed by atoms with van der Waals surface area (Å²) in [6.45, 7) is -0.256. The van der Waals surface area contributed by atoms with Crippen molar-refractivity contribution in [2.24, 2.45) is 0 Å². The minimum Gasteiger partial charge on any atom is -0.493 e. The summed E-state index contributed by atoms with van der Waals surface area (Å²) in [7, 11) is -2.23. The van der Waals surface area contributed by atoms with Crippen molar-refractivity contribution in [3.05, 3.63) is 65.0 Å². The molecule has 1 aliphatic carbocycles. The Morgan fingerprint density at radius 1 is 1.00 bits per heavy atom. The summed E-state index contributed by atoms with van der Waals surface area (Å²) in [6, 6.07) is 15.4. The van der Waals surface area contributed by atoms with Gasteiger partial charge in [-0.3, -0.25) is 4.79 Å². The highest BCUT2D eigenvalue weighted by molar-refractivity contribution is 7.92. The first-order valence-corrected chi connectivity index (χ1v) is 12.3. The number of sulfone groups is 1. The summed E-state index contributed by atoms with van der Waals surface area (Å²) in [5.74, 6) is 0.547. The van der Waals surface area contributed by atoms with E-state index in [1.54, 1.807) is 48.5 Å². The number of carbonyl (C=O) groups is 1. The van der Waals surface area contributed by atoms with Gasteiger partial charge in [0.05, 0.1) is 12.0 Å². The molecule has 0 aliphatic heterocycles. The lowest BCUT2D eigenvalue weighted by atomic mass is 9.99. The van der Waals surface area contributed by atoms with Crippen LogP contribution in [0.5, 0.6) is 11.5 Å². The Bertz CT molecular complexity index is 1190. The van der Waals surface area contributed by atoms with Gasteiger partial charge in [-0.1, -0.05) is 30.3 Å². The molecule has 0 fully saturated rings. The second-order valence-electron chi connectivity index (χ2n) is 7.17. The van der Waals surface area contributed by atoms with E-state index < -0.39 is 15.7 Å². The fourth-order valence-electron chi connectivity index (χ4n) is 3.67. The van der Waals surface area contributed by atoms with Crippen molar-refractivity contribution in [3.8, 4) is 11.5 Å². The van der Waals surface area contributed by atoms with E-state index >= 15 is 0 Å². The summed E-state index contributed by atoms with van der Waals surface area (Å²) >= 11 is 1.35. The van der Waals surface area contributed by atoms with Crippen LogP contribution < -0.4 is 14.8 Å². The molecule has 1 aliphatic rings. The first kappa shape index (κ1) is 21.4. The Morgan fingerprint density at radius 2 is 1.68 bits per heavy atom. The minimum absolute atomic E-state index is 0.224. The van der Waals surface area contributed by atoms with Gasteiger partial charge in [0, 0.05) is 4.88 Å². The molecule has 31 heavy (non-hydrogen) atoms. The van der Waals surface area contributed by atoms with Crippen LogP contribution in [0.1, 0.15) is 23.3 Å². The predicted octanol–water partition coefficient (Wildman–Crippen LogP) is 4.49. The SMILES string of the molecule is COc1ccccc1OCC(=O)Nc1sc2c(c1S(=O)(=O)c1ccccc1)CCCC2. The van der Waals surface area contributed by atoms with Gasteiger partial charge in [0.1, 0.15) is 9.90 Å². The van der Waals surface area contributed by atoms with Gasteiger partial charge in [0.2, 0.25) is 9.84 Å². The fraction of sp³-hybridized carbons (Fsp3) is 0.261. The molecule has 8 heteroatoms. The van der Waals surface area contributed by atoms with E-state index in [-0.39, 0.29) is 16.4 Å². The third-order valence-corrected chi connectivity index (χ3v) is 8.34. The molecule has 6 nitrogen and oxygen atoms in total. The second kappa shape index (κ2) is 9.11. The summed E-state index contributed by atoms with van der Waals surface area (Å²) in [5, 5.41) is 3.15. The van der Waals surface area contributed by atoms with Gasteiger partial charge in [-0.15, -0.1) is 11.3 Å². The maximum absolute atomic E-state index is 13.4. The molecule has 0 saturated carbocycles. The van der Waals surface area contributed by atoms with Crippen LogP contribution in [0.25, 0.3) is 0 Å². The molecule has 3 aromatic rings. The van der Waals surface area contributed by atoms with Gasteiger partial charge in [0.15, 0.2) is 18.1 Å². The van der Waals surface area contributed by atoms with E-state index in [9.17, 15) is 13.2 Å². The molecule has 162 valence electrons. The quantitative estimate of drug-likeness (QED) is 0.566. The highest BCUT2D eigenvalue weighted by Crippen LogP contribution is 2.43. The molecule has 0 spiro atoms. The smallest absolute Gasteiger partial charge is 0.262 e. The van der Waals surface area contributed by atoms with Gasteiger partial charge >= 0.3 is 0 Å². The van der Waals surface area contributed by atoms with Crippen LogP contribution in [-0.4, -0.2) is 28.0 Å². The number of anilines is 1. The summed E-state index contributed by atoms with van der Waals surface area (Å²) in [5.41, 5.74) is 0.834. The largest absolute Gasteiger partial charge is 0.493 e. The summed E-state index contributed by atoms with van der Waals surface area (Å²) < 4.78 is 37.7. The van der Waals surface area contributed by atoms with Crippen LogP contribution in [0.3, 0.4) is 0 Å². The number of methoxy groups -OCH3 is 1. The number of amides is 1. The number of ether oxygens (including phenoxy) is 2. The van der Waals surface area contributed by atoms with Gasteiger partial charge in [-0.05, 0) is 55.5 Å². The third kappa shape index (κ3) is 4.45. The number of hydrogen-bond acceptors (Lipinski definition) is 6. The molecular weight excluding hydrogens is 434 g/mol. The molecule has 2 aromatic carbocycles. The molecule has 1 amide bonds. The number of nitrogens with one attached hydrogen (secondary N) is 1. The molecule has 0 saturated heterocycles. The van der Waals surface area contributed by atoms with Crippen molar-refractivity contribution >= 4 is 32.1 Å². The van der Waals surface area contributed by atoms with Crippen molar-refractivity contribution in [3.63, 3.8) is 0 Å². The Balaban J connectivity index is 1.61. The Kier molecular flexibility index (Phi) is 6.29. The number of aryl methyl sites for hydroxylation is 1. The topological polar surface area (TPSA) is 81.7 Å². The molecule has 1 aromatic heterocycles. The third-order valence-electron chi connectivity index (χ3n) is 5.13. The van der Waals surface area contributed by atoms with E-state index in [1.165, 1.54) is 18.4 Å². The van der Waals surface area contributed by atoms with Crippen molar-refractivity contribution in [1.29, 1.82) is 0 Å². The van der Waals surface area contributed by atoms with Crippen LogP contribution in [0.15, 0.2) is 64.4 Å². The standard InChI is InChI=1S/C23H23NO5S2/c1-28-18-12-6-7-13-19(18)29-15-21(25)24-23-22(17-11-5-8-14-20(17)30-23)31(26,27)16-9-3-2-4-10-16/h2-4,6-7,9-10,12-13H,5,8,11,14-15H2,1H3,(H,24,25). The van der Waals surface area contributed by atoms with Crippen LogP contribution in [0.2, 0.25) is 0 Å². The van der Waals surface area contributed by atoms with Crippen LogP contribution >= 0.6 is 11.3 Å². The van der Waals surface area contributed by atoms with Crippen LogP contribution in [-0.2, 0) is 27.5 Å². The molecule has 1 heterocycles. The van der Waals surface area contributed by atoms with E-state index in [1.807, 2.05) is 6.07 Å². The minimum atomic E-state index is -3.76.